The first-order valence-corrected chi connectivity index (χ1v) is 8.76. The maximum absolute atomic E-state index is 12.0. The number of hydrogen-bond acceptors (Lipinski definition) is 4. The van der Waals surface area contributed by atoms with E-state index in [-0.39, 0.29) is 29.8 Å². The third-order valence-electron chi connectivity index (χ3n) is 3.13. The second kappa shape index (κ2) is 7.88. The molecule has 0 aromatic heterocycles. The third kappa shape index (κ3) is 5.39. The first-order chi connectivity index (χ1) is 9.77. The van der Waals surface area contributed by atoms with Gasteiger partial charge in [-0.15, -0.1) is 0 Å². The topological polar surface area (TPSA) is 92.5 Å². The molecule has 0 aliphatic rings. The van der Waals surface area contributed by atoms with E-state index in [0.29, 0.717) is 11.0 Å². The molecule has 1 unspecified atom stereocenters. The fourth-order valence-electron chi connectivity index (χ4n) is 1.59. The molecule has 0 saturated heterocycles. The van der Waals surface area contributed by atoms with Crippen molar-refractivity contribution in [3.63, 3.8) is 0 Å². The van der Waals surface area contributed by atoms with Gasteiger partial charge < -0.3 is 10.6 Å². The van der Waals surface area contributed by atoms with Gasteiger partial charge >= 0.3 is 0 Å². The lowest BCUT2D eigenvalue weighted by Gasteiger charge is -2.23. The molecule has 0 fully saturated rings. The highest BCUT2D eigenvalue weighted by Crippen LogP contribution is 2.15. The van der Waals surface area contributed by atoms with E-state index < -0.39 is 10.0 Å². The lowest BCUT2D eigenvalue weighted by atomic mass is 10.2. The van der Waals surface area contributed by atoms with Crippen LogP contribution in [0.25, 0.3) is 0 Å². The van der Waals surface area contributed by atoms with Gasteiger partial charge in [-0.25, -0.2) is 13.1 Å². The average molecular weight is 378 g/mol. The van der Waals surface area contributed by atoms with E-state index in [1.807, 2.05) is 6.92 Å². The molecule has 0 saturated carbocycles. The molecule has 1 aromatic rings. The number of nitrogens with zero attached hydrogens (tertiary/aromatic N) is 1. The van der Waals surface area contributed by atoms with Crippen LogP contribution in [0.5, 0.6) is 0 Å². The quantitative estimate of drug-likeness (QED) is 0.738. The number of amides is 1. The van der Waals surface area contributed by atoms with Crippen LogP contribution in [-0.4, -0.2) is 45.4 Å². The maximum atomic E-state index is 12.0. The minimum Gasteiger partial charge on any atom is -0.342 e. The predicted octanol–water partition coefficient (Wildman–Crippen LogP) is 0.923. The number of halogens is 1. The average Bonchev–Trinajstić information content (AvgIpc) is 2.45. The minimum absolute atomic E-state index is 0.0509. The normalized spacial score (nSPS) is 13.0. The van der Waals surface area contributed by atoms with Crippen molar-refractivity contribution in [1.29, 1.82) is 0 Å². The molecule has 1 rings (SSSR count). The Kier molecular flexibility index (Phi) is 6.79. The summed E-state index contributed by atoms with van der Waals surface area (Å²) in [7, 11) is -1.95. The molecule has 118 valence electrons. The second-order valence-electron chi connectivity index (χ2n) is 4.69. The van der Waals surface area contributed by atoms with Crippen LogP contribution in [0.15, 0.2) is 33.6 Å². The zero-order chi connectivity index (χ0) is 16.0. The van der Waals surface area contributed by atoms with Crippen LogP contribution < -0.4 is 10.5 Å². The van der Waals surface area contributed by atoms with E-state index >= 15 is 0 Å². The van der Waals surface area contributed by atoms with Crippen molar-refractivity contribution in [3.8, 4) is 0 Å². The van der Waals surface area contributed by atoms with Crippen LogP contribution in [0.4, 0.5) is 0 Å². The summed E-state index contributed by atoms with van der Waals surface area (Å²) >= 11 is 3.22. The smallest absolute Gasteiger partial charge is 0.240 e. The van der Waals surface area contributed by atoms with Crippen LogP contribution >= 0.6 is 15.9 Å². The highest BCUT2D eigenvalue weighted by Gasteiger charge is 2.17. The van der Waals surface area contributed by atoms with Gasteiger partial charge in [-0.2, -0.15) is 0 Å². The maximum Gasteiger partial charge on any atom is 0.240 e. The van der Waals surface area contributed by atoms with Gasteiger partial charge in [0.1, 0.15) is 0 Å². The number of hydrogen-bond donors (Lipinski definition) is 2. The first kappa shape index (κ1) is 18.1. The molecule has 1 atom stereocenters. The number of carbonyl (C=O) groups excluding carboxylic acids is 1. The third-order valence-corrected chi connectivity index (χ3v) is 5.08. The van der Waals surface area contributed by atoms with E-state index in [9.17, 15) is 13.2 Å². The molecule has 21 heavy (non-hydrogen) atoms. The van der Waals surface area contributed by atoms with Crippen molar-refractivity contribution in [3.05, 3.63) is 28.7 Å². The van der Waals surface area contributed by atoms with Crippen molar-refractivity contribution in [2.45, 2.75) is 24.3 Å². The van der Waals surface area contributed by atoms with Gasteiger partial charge in [-0.05, 0) is 25.1 Å². The number of likely N-dealkylation sites (N-methyl/N-ethyl adjacent to an activating group) is 1. The van der Waals surface area contributed by atoms with Crippen LogP contribution in [0, 0.1) is 0 Å². The molecule has 1 aromatic carbocycles. The number of carbonyl (C=O) groups is 1. The monoisotopic (exact) mass is 377 g/mol. The van der Waals surface area contributed by atoms with Crippen molar-refractivity contribution in [2.24, 2.45) is 5.73 Å². The van der Waals surface area contributed by atoms with Crippen molar-refractivity contribution in [2.75, 3.05) is 20.1 Å². The number of sulfonamides is 1. The Balaban J connectivity index is 2.57. The number of benzene rings is 1. The van der Waals surface area contributed by atoms with Gasteiger partial charge in [0.25, 0.3) is 0 Å². The molecule has 3 N–H and O–H groups in total. The number of rotatable bonds is 7. The Morgan fingerprint density at radius 3 is 2.71 bits per heavy atom. The fourth-order valence-corrected chi connectivity index (χ4v) is 3.22. The Hall–Kier alpha value is -0.960. The lowest BCUT2D eigenvalue weighted by molar-refractivity contribution is -0.131. The van der Waals surface area contributed by atoms with Crippen LogP contribution in [-0.2, 0) is 14.8 Å². The minimum atomic E-state index is -3.61. The lowest BCUT2D eigenvalue weighted by Crippen LogP contribution is -2.41. The summed E-state index contributed by atoms with van der Waals surface area (Å²) in [5.74, 6) is -0.148. The zero-order valence-corrected chi connectivity index (χ0v) is 14.4. The summed E-state index contributed by atoms with van der Waals surface area (Å²) in [5.41, 5.74) is 5.49. The van der Waals surface area contributed by atoms with Crippen LogP contribution in [0.2, 0.25) is 0 Å². The molecule has 0 aliphatic heterocycles. The summed E-state index contributed by atoms with van der Waals surface area (Å²) in [6.45, 7) is 2.25. The molecular formula is C13H20BrN3O3S. The van der Waals surface area contributed by atoms with E-state index in [1.165, 1.54) is 17.0 Å². The molecule has 0 aliphatic carbocycles. The Morgan fingerprint density at radius 1 is 1.48 bits per heavy atom. The van der Waals surface area contributed by atoms with Crippen LogP contribution in [0.1, 0.15) is 13.3 Å². The number of nitrogens with two attached hydrogens (primary N) is 1. The molecule has 0 heterocycles. The van der Waals surface area contributed by atoms with E-state index in [0.717, 1.165) is 0 Å². The second-order valence-corrected chi connectivity index (χ2v) is 7.38. The van der Waals surface area contributed by atoms with E-state index in [1.54, 1.807) is 19.2 Å². The molecule has 6 nitrogen and oxygen atoms in total. The molecular weight excluding hydrogens is 358 g/mol. The summed E-state index contributed by atoms with van der Waals surface area (Å²) < 4.78 is 27.2. The van der Waals surface area contributed by atoms with Gasteiger partial charge in [-0.1, -0.05) is 22.0 Å². The van der Waals surface area contributed by atoms with Gasteiger partial charge in [0.05, 0.1) is 4.90 Å². The molecule has 0 radical (unpaired) electrons. The highest BCUT2D eigenvalue weighted by molar-refractivity contribution is 9.10. The van der Waals surface area contributed by atoms with Crippen LogP contribution in [0.3, 0.4) is 0 Å². The zero-order valence-electron chi connectivity index (χ0n) is 12.0. The molecule has 0 spiro atoms. The Labute approximate surface area is 133 Å². The Bertz CT molecular complexity index is 592. The van der Waals surface area contributed by atoms with Gasteiger partial charge in [0.2, 0.25) is 15.9 Å². The summed E-state index contributed by atoms with van der Waals surface area (Å²) in [6, 6.07) is 6.32. The van der Waals surface area contributed by atoms with Crippen molar-refractivity contribution < 1.29 is 13.2 Å². The first-order valence-electron chi connectivity index (χ1n) is 6.49. The van der Waals surface area contributed by atoms with Gasteiger partial charge in [-0.3, -0.25) is 4.79 Å². The van der Waals surface area contributed by atoms with Crippen molar-refractivity contribution in [1.82, 2.24) is 9.62 Å². The Morgan fingerprint density at radius 2 is 2.14 bits per heavy atom. The highest BCUT2D eigenvalue weighted by atomic mass is 79.9. The largest absolute Gasteiger partial charge is 0.342 e. The van der Waals surface area contributed by atoms with Crippen molar-refractivity contribution >= 4 is 31.9 Å². The molecule has 0 bridgehead atoms. The van der Waals surface area contributed by atoms with Gasteiger partial charge in [0.15, 0.2) is 0 Å². The summed E-state index contributed by atoms with van der Waals surface area (Å²) in [6.07, 6.45) is 0.0913. The predicted molar refractivity (Wildman–Crippen MR) is 85.2 cm³/mol. The van der Waals surface area contributed by atoms with E-state index in [2.05, 4.69) is 20.7 Å². The molecule has 1 amide bonds. The number of nitrogens with one attached hydrogen (secondary N) is 1. The summed E-state index contributed by atoms with van der Waals surface area (Å²) in [4.78, 5) is 13.5. The van der Waals surface area contributed by atoms with E-state index in [4.69, 9.17) is 5.73 Å². The standard InChI is InChI=1S/C13H20BrN3O3S/c1-10(9-15)17(2)13(18)6-7-16-21(19,20)12-5-3-4-11(14)8-12/h3-5,8,10,16H,6-7,9,15H2,1-2H3. The molecule has 8 heteroatoms. The van der Waals surface area contributed by atoms with Gasteiger partial charge in [0, 0.05) is 37.1 Å². The SMILES string of the molecule is CC(CN)N(C)C(=O)CCNS(=O)(=O)c1cccc(Br)c1. The fraction of sp³-hybridized carbons (Fsp3) is 0.462. The summed E-state index contributed by atoms with van der Waals surface area (Å²) in [5, 5.41) is 0.